The van der Waals surface area contributed by atoms with Gasteiger partial charge in [-0.15, -0.1) is 11.6 Å². The van der Waals surface area contributed by atoms with Gasteiger partial charge in [-0.1, -0.05) is 36.4 Å². The topological polar surface area (TPSA) is 44.8 Å². The molecule has 0 saturated carbocycles. The normalized spacial score (nSPS) is 24.7. The lowest BCUT2D eigenvalue weighted by Crippen LogP contribution is -2.26. The van der Waals surface area contributed by atoms with E-state index in [1.165, 1.54) is 6.08 Å². The fraction of sp³-hybridized carbons (Fsp3) is 0.500. The lowest BCUT2D eigenvalue weighted by molar-refractivity contribution is -0.146. The summed E-state index contributed by atoms with van der Waals surface area (Å²) in [6.07, 6.45) is 3.18. The first kappa shape index (κ1) is 18.0. The zero-order valence-corrected chi connectivity index (χ0v) is 14.5. The van der Waals surface area contributed by atoms with Crippen molar-refractivity contribution in [3.63, 3.8) is 0 Å². The van der Waals surface area contributed by atoms with Gasteiger partial charge in [-0.3, -0.25) is 0 Å². The average molecular weight is 339 g/mol. The van der Waals surface area contributed by atoms with Crippen LogP contribution >= 0.6 is 11.6 Å². The summed E-state index contributed by atoms with van der Waals surface area (Å²) in [5.74, 6) is -1.05. The van der Waals surface area contributed by atoms with Gasteiger partial charge in [0.25, 0.3) is 0 Å². The van der Waals surface area contributed by atoms with Crippen molar-refractivity contribution < 1.29 is 19.0 Å². The number of hydrogen-bond donors (Lipinski definition) is 0. The molecule has 0 amide bonds. The van der Waals surface area contributed by atoms with Gasteiger partial charge in [-0.2, -0.15) is 0 Å². The molecule has 1 saturated heterocycles. The van der Waals surface area contributed by atoms with E-state index in [1.54, 1.807) is 13.0 Å². The molecular weight excluding hydrogens is 316 g/mol. The third-order valence-electron chi connectivity index (χ3n) is 3.54. The van der Waals surface area contributed by atoms with Crippen molar-refractivity contribution >= 4 is 17.6 Å². The molecule has 2 rings (SSSR count). The van der Waals surface area contributed by atoms with E-state index in [9.17, 15) is 4.79 Å². The van der Waals surface area contributed by atoms with Crippen molar-refractivity contribution in [2.45, 2.75) is 50.6 Å². The molecule has 0 N–H and O–H groups in total. The molecule has 0 spiro atoms. The molecule has 1 aliphatic heterocycles. The van der Waals surface area contributed by atoms with Crippen LogP contribution in [0.5, 0.6) is 0 Å². The van der Waals surface area contributed by atoms with Gasteiger partial charge in [0.15, 0.2) is 5.79 Å². The van der Waals surface area contributed by atoms with Crippen LogP contribution in [0, 0.1) is 0 Å². The molecule has 3 atom stereocenters. The Morgan fingerprint density at radius 1 is 1.35 bits per heavy atom. The summed E-state index contributed by atoms with van der Waals surface area (Å²) in [5.41, 5.74) is 0.986. The van der Waals surface area contributed by atoms with Crippen molar-refractivity contribution in [3.05, 3.63) is 48.0 Å². The van der Waals surface area contributed by atoms with Gasteiger partial charge in [0, 0.05) is 6.08 Å². The summed E-state index contributed by atoms with van der Waals surface area (Å²) in [7, 11) is 0. The third-order valence-corrected chi connectivity index (χ3v) is 4.04. The molecule has 126 valence electrons. The van der Waals surface area contributed by atoms with E-state index in [0.29, 0.717) is 13.0 Å². The van der Waals surface area contributed by atoms with Gasteiger partial charge >= 0.3 is 5.97 Å². The van der Waals surface area contributed by atoms with Gasteiger partial charge in [0.05, 0.1) is 18.1 Å². The highest BCUT2D eigenvalue weighted by Gasteiger charge is 2.44. The molecule has 1 fully saturated rings. The summed E-state index contributed by atoms with van der Waals surface area (Å²) < 4.78 is 16.8. The number of carbonyl (C=O) groups excluding carboxylic acids is 1. The number of esters is 1. The SMILES string of the molecule is CCOC(=O)/C=C\C[C@H]1OC(C)(C)O[C@H]1[C@@H](Cl)c1ccccc1. The average Bonchev–Trinajstić information content (AvgIpc) is 2.82. The smallest absolute Gasteiger partial charge is 0.330 e. The highest BCUT2D eigenvalue weighted by molar-refractivity contribution is 6.21. The zero-order chi connectivity index (χ0) is 16.9. The molecule has 0 aromatic heterocycles. The largest absolute Gasteiger partial charge is 0.463 e. The molecule has 0 radical (unpaired) electrons. The second-order valence-electron chi connectivity index (χ2n) is 5.84. The Balaban J connectivity index is 2.05. The Morgan fingerprint density at radius 2 is 2.04 bits per heavy atom. The minimum atomic E-state index is -0.699. The first-order valence-electron chi connectivity index (χ1n) is 7.81. The lowest BCUT2D eigenvalue weighted by atomic mass is 10.0. The molecule has 1 aliphatic rings. The van der Waals surface area contributed by atoms with Crippen LogP contribution in [0.25, 0.3) is 0 Å². The fourth-order valence-corrected chi connectivity index (χ4v) is 2.97. The maximum Gasteiger partial charge on any atom is 0.330 e. The van der Waals surface area contributed by atoms with Crippen LogP contribution in [0.1, 0.15) is 38.1 Å². The number of alkyl halides is 1. The number of carbonyl (C=O) groups is 1. The maximum atomic E-state index is 11.4. The zero-order valence-electron chi connectivity index (χ0n) is 13.7. The van der Waals surface area contributed by atoms with Gasteiger partial charge in [-0.05, 0) is 32.8 Å². The minimum absolute atomic E-state index is 0.224. The predicted octanol–water partition coefficient (Wildman–Crippen LogP) is 4.00. The van der Waals surface area contributed by atoms with E-state index in [2.05, 4.69) is 0 Å². The summed E-state index contributed by atoms with van der Waals surface area (Å²) in [6, 6.07) is 9.78. The van der Waals surface area contributed by atoms with Gasteiger partial charge in [0.2, 0.25) is 0 Å². The van der Waals surface area contributed by atoms with Crippen LogP contribution in [-0.4, -0.2) is 30.6 Å². The van der Waals surface area contributed by atoms with Gasteiger partial charge < -0.3 is 14.2 Å². The van der Waals surface area contributed by atoms with Crippen LogP contribution in [0.3, 0.4) is 0 Å². The predicted molar refractivity (Wildman–Crippen MR) is 89.3 cm³/mol. The Kier molecular flexibility index (Phi) is 6.22. The molecule has 0 aliphatic carbocycles. The maximum absolute atomic E-state index is 11.4. The van der Waals surface area contributed by atoms with Crippen molar-refractivity contribution in [1.29, 1.82) is 0 Å². The summed E-state index contributed by atoms with van der Waals surface area (Å²) in [6.45, 7) is 5.86. The second-order valence-corrected chi connectivity index (χ2v) is 6.31. The Morgan fingerprint density at radius 3 is 2.70 bits per heavy atom. The van der Waals surface area contributed by atoms with E-state index in [0.717, 1.165) is 5.56 Å². The van der Waals surface area contributed by atoms with Gasteiger partial charge in [0.1, 0.15) is 6.10 Å². The van der Waals surface area contributed by atoms with Crippen LogP contribution in [0.15, 0.2) is 42.5 Å². The first-order chi connectivity index (χ1) is 10.9. The van der Waals surface area contributed by atoms with Crippen LogP contribution in [-0.2, 0) is 19.0 Å². The molecule has 1 heterocycles. The van der Waals surface area contributed by atoms with E-state index >= 15 is 0 Å². The number of hydrogen-bond acceptors (Lipinski definition) is 4. The van der Waals surface area contributed by atoms with Crippen molar-refractivity contribution in [1.82, 2.24) is 0 Å². The molecule has 0 bridgehead atoms. The highest BCUT2D eigenvalue weighted by Crippen LogP contribution is 2.39. The number of benzene rings is 1. The van der Waals surface area contributed by atoms with Crippen molar-refractivity contribution in [3.8, 4) is 0 Å². The van der Waals surface area contributed by atoms with Gasteiger partial charge in [-0.25, -0.2) is 4.79 Å². The summed E-state index contributed by atoms with van der Waals surface area (Å²) in [5, 5.41) is -0.320. The van der Waals surface area contributed by atoms with E-state index < -0.39 is 5.79 Å². The molecule has 0 unspecified atom stereocenters. The summed E-state index contributed by atoms with van der Waals surface area (Å²) in [4.78, 5) is 11.4. The van der Waals surface area contributed by atoms with Crippen LogP contribution in [0.2, 0.25) is 0 Å². The number of rotatable bonds is 6. The summed E-state index contributed by atoms with van der Waals surface area (Å²) >= 11 is 6.61. The molecule has 5 heteroatoms. The quantitative estimate of drug-likeness (QED) is 0.447. The monoisotopic (exact) mass is 338 g/mol. The fourth-order valence-electron chi connectivity index (χ4n) is 2.61. The third kappa shape index (κ3) is 5.06. The molecule has 4 nitrogen and oxygen atoms in total. The van der Waals surface area contributed by atoms with Crippen LogP contribution in [0.4, 0.5) is 0 Å². The molecular formula is C18H23ClO4. The lowest BCUT2D eigenvalue weighted by Gasteiger charge is -2.21. The molecule has 1 aromatic carbocycles. The van der Waals surface area contributed by atoms with Crippen molar-refractivity contribution in [2.75, 3.05) is 6.61 Å². The Bertz CT molecular complexity index is 541. The highest BCUT2D eigenvalue weighted by atomic mass is 35.5. The van der Waals surface area contributed by atoms with Crippen LogP contribution < -0.4 is 0 Å². The Labute approximate surface area is 142 Å². The first-order valence-corrected chi connectivity index (χ1v) is 8.24. The van der Waals surface area contributed by atoms with E-state index in [1.807, 2.05) is 44.2 Å². The minimum Gasteiger partial charge on any atom is -0.463 e. The van der Waals surface area contributed by atoms with E-state index in [4.69, 9.17) is 25.8 Å². The Hall–Kier alpha value is -1.36. The number of halogens is 1. The molecule has 1 aromatic rings. The number of ether oxygens (including phenoxy) is 3. The van der Waals surface area contributed by atoms with Crippen molar-refractivity contribution in [2.24, 2.45) is 0 Å². The molecule has 23 heavy (non-hydrogen) atoms. The van der Waals surface area contributed by atoms with E-state index in [-0.39, 0.29) is 23.6 Å². The standard InChI is InChI=1S/C18H23ClO4/c1-4-21-15(20)12-8-11-14-17(23-18(2,3)22-14)16(19)13-9-6-5-7-10-13/h5-10,12,14,16-17H,4,11H2,1-3H3/b12-8-/t14-,16+,17-/m1/s1. The second kappa shape index (κ2) is 7.95.